The van der Waals surface area contributed by atoms with Gasteiger partial charge in [-0.15, -0.1) is 0 Å². The molecule has 1 aliphatic rings. The lowest BCUT2D eigenvalue weighted by Gasteiger charge is -2.42. The van der Waals surface area contributed by atoms with E-state index in [9.17, 15) is 9.59 Å². The highest BCUT2D eigenvalue weighted by Crippen LogP contribution is 2.34. The maximum atomic E-state index is 12.4. The highest BCUT2D eigenvalue weighted by Gasteiger charge is 2.41. The van der Waals surface area contributed by atoms with E-state index in [2.05, 4.69) is 0 Å². The molecule has 0 aromatic carbocycles. The Morgan fingerprint density at radius 1 is 1.04 bits per heavy atom. The monoisotopic (exact) mass is 327 g/mol. The fourth-order valence-electron chi connectivity index (χ4n) is 2.43. The molecule has 5 nitrogen and oxygen atoms in total. The Morgan fingerprint density at radius 3 is 1.96 bits per heavy atom. The summed E-state index contributed by atoms with van der Waals surface area (Å²) in [6, 6.07) is 0. The van der Waals surface area contributed by atoms with Gasteiger partial charge in [-0.2, -0.15) is 0 Å². The molecule has 0 N–H and O–H groups in total. The van der Waals surface area contributed by atoms with Gasteiger partial charge >= 0.3 is 12.1 Å². The minimum Gasteiger partial charge on any atom is -0.459 e. The van der Waals surface area contributed by atoms with Gasteiger partial charge in [-0.05, 0) is 47.5 Å². The Hall–Kier alpha value is -1.26. The molecular formula is C18H33NO4. The van der Waals surface area contributed by atoms with Crippen LogP contribution in [0.5, 0.6) is 0 Å². The van der Waals surface area contributed by atoms with Gasteiger partial charge in [0.2, 0.25) is 0 Å². The molecule has 134 valence electrons. The molecule has 5 heteroatoms. The summed E-state index contributed by atoms with van der Waals surface area (Å²) in [5, 5.41) is 0. The number of rotatable bonds is 4. The number of nitrogens with zero attached hydrogens (tertiary/aromatic N) is 1. The molecule has 0 bridgehead atoms. The van der Waals surface area contributed by atoms with Crippen LogP contribution in [0.2, 0.25) is 0 Å². The summed E-state index contributed by atoms with van der Waals surface area (Å²) >= 11 is 0. The van der Waals surface area contributed by atoms with Gasteiger partial charge in [0.05, 0.1) is 5.41 Å². The van der Waals surface area contributed by atoms with Crippen LogP contribution in [0.15, 0.2) is 0 Å². The number of ether oxygens (including phenoxy) is 2. The first kappa shape index (κ1) is 19.8. The van der Waals surface area contributed by atoms with Gasteiger partial charge in [-0.3, -0.25) is 4.79 Å². The van der Waals surface area contributed by atoms with Gasteiger partial charge in [-0.1, -0.05) is 13.8 Å². The van der Waals surface area contributed by atoms with Crippen molar-refractivity contribution in [3.8, 4) is 0 Å². The van der Waals surface area contributed by atoms with Crippen LogP contribution in [0.4, 0.5) is 4.79 Å². The van der Waals surface area contributed by atoms with Crippen molar-refractivity contribution in [1.82, 2.24) is 4.90 Å². The third kappa shape index (κ3) is 5.40. The maximum absolute atomic E-state index is 12.4. The van der Waals surface area contributed by atoms with Gasteiger partial charge in [0.25, 0.3) is 0 Å². The van der Waals surface area contributed by atoms with Crippen molar-refractivity contribution in [3.05, 3.63) is 0 Å². The van der Waals surface area contributed by atoms with E-state index < -0.39 is 16.6 Å². The quantitative estimate of drug-likeness (QED) is 0.728. The van der Waals surface area contributed by atoms with Crippen molar-refractivity contribution in [2.24, 2.45) is 5.41 Å². The number of piperidine rings is 1. The van der Waals surface area contributed by atoms with Gasteiger partial charge in [-0.25, -0.2) is 4.79 Å². The largest absolute Gasteiger partial charge is 0.459 e. The molecule has 1 rings (SSSR count). The summed E-state index contributed by atoms with van der Waals surface area (Å²) in [5.74, 6) is -0.146. The molecule has 1 amide bonds. The predicted molar refractivity (Wildman–Crippen MR) is 90.2 cm³/mol. The molecule has 0 radical (unpaired) electrons. The van der Waals surface area contributed by atoms with E-state index in [-0.39, 0.29) is 12.1 Å². The van der Waals surface area contributed by atoms with E-state index in [0.29, 0.717) is 25.9 Å². The summed E-state index contributed by atoms with van der Waals surface area (Å²) < 4.78 is 11.3. The molecule has 1 fully saturated rings. The van der Waals surface area contributed by atoms with Crippen LogP contribution in [-0.4, -0.2) is 41.3 Å². The van der Waals surface area contributed by atoms with Crippen molar-refractivity contribution >= 4 is 12.1 Å². The third-order valence-corrected chi connectivity index (χ3v) is 4.72. The highest BCUT2D eigenvalue weighted by atomic mass is 16.6. The molecule has 0 atom stereocenters. The van der Waals surface area contributed by atoms with Gasteiger partial charge in [0.1, 0.15) is 11.2 Å². The number of amides is 1. The molecule has 1 aliphatic heterocycles. The molecule has 0 aromatic heterocycles. The second-order valence-corrected chi connectivity index (χ2v) is 8.13. The molecule has 1 saturated heterocycles. The Morgan fingerprint density at radius 2 is 1.57 bits per heavy atom. The average Bonchev–Trinajstić information content (AvgIpc) is 2.46. The van der Waals surface area contributed by atoms with Crippen LogP contribution in [-0.2, 0) is 14.3 Å². The van der Waals surface area contributed by atoms with Crippen LogP contribution in [0.25, 0.3) is 0 Å². The normalized spacial score (nSPS) is 18.5. The standard InChI is InChI=1S/C18H33NO4/c1-8-17(6,7)14(20)22-18(9-2)10-12-19(13-11-18)15(21)23-16(3,4)5/h8-13H2,1-7H3. The zero-order valence-electron chi connectivity index (χ0n) is 15.8. The van der Waals surface area contributed by atoms with E-state index in [1.165, 1.54) is 0 Å². The zero-order chi connectivity index (χ0) is 17.9. The lowest BCUT2D eigenvalue weighted by Crippen LogP contribution is -2.50. The second-order valence-electron chi connectivity index (χ2n) is 8.13. The number of carbonyl (C=O) groups excluding carboxylic acids is 2. The van der Waals surface area contributed by atoms with E-state index in [0.717, 1.165) is 12.8 Å². The van der Waals surface area contributed by atoms with Crippen LogP contribution < -0.4 is 0 Å². The number of carbonyl (C=O) groups is 2. The lowest BCUT2D eigenvalue weighted by atomic mass is 9.86. The van der Waals surface area contributed by atoms with Crippen molar-refractivity contribution < 1.29 is 19.1 Å². The molecule has 0 aliphatic carbocycles. The van der Waals surface area contributed by atoms with Gasteiger partial charge < -0.3 is 14.4 Å². The van der Waals surface area contributed by atoms with Crippen molar-refractivity contribution in [3.63, 3.8) is 0 Å². The minimum atomic E-state index is -0.492. The summed E-state index contributed by atoms with van der Waals surface area (Å²) in [4.78, 5) is 26.2. The second kappa shape index (κ2) is 7.10. The first-order valence-corrected chi connectivity index (χ1v) is 8.66. The average molecular weight is 327 g/mol. The summed E-state index contributed by atoms with van der Waals surface area (Å²) in [6.45, 7) is 14.5. The van der Waals surface area contributed by atoms with Crippen molar-refractivity contribution in [2.45, 2.75) is 85.4 Å². The lowest BCUT2D eigenvalue weighted by molar-refractivity contribution is -0.176. The molecule has 0 aromatic rings. The Balaban J connectivity index is 2.67. The van der Waals surface area contributed by atoms with E-state index in [1.807, 2.05) is 48.5 Å². The van der Waals surface area contributed by atoms with Crippen LogP contribution in [0, 0.1) is 5.41 Å². The summed E-state index contributed by atoms with van der Waals surface area (Å²) in [6.07, 6.45) is 2.54. The zero-order valence-corrected chi connectivity index (χ0v) is 15.8. The number of hydrogen-bond acceptors (Lipinski definition) is 4. The molecule has 0 spiro atoms. The smallest absolute Gasteiger partial charge is 0.410 e. The number of likely N-dealkylation sites (tertiary alicyclic amines) is 1. The Bertz CT molecular complexity index is 429. The van der Waals surface area contributed by atoms with Gasteiger partial charge in [0, 0.05) is 25.9 Å². The molecular weight excluding hydrogens is 294 g/mol. The topological polar surface area (TPSA) is 55.8 Å². The summed E-state index contributed by atoms with van der Waals surface area (Å²) in [7, 11) is 0. The summed E-state index contributed by atoms with van der Waals surface area (Å²) in [5.41, 5.74) is -1.42. The number of hydrogen-bond donors (Lipinski definition) is 0. The van der Waals surface area contributed by atoms with E-state index in [4.69, 9.17) is 9.47 Å². The third-order valence-electron chi connectivity index (χ3n) is 4.72. The molecule has 0 saturated carbocycles. The van der Waals surface area contributed by atoms with Gasteiger partial charge in [0.15, 0.2) is 0 Å². The first-order valence-electron chi connectivity index (χ1n) is 8.66. The first-order chi connectivity index (χ1) is 10.4. The van der Waals surface area contributed by atoms with E-state index in [1.54, 1.807) is 4.90 Å². The van der Waals surface area contributed by atoms with Crippen molar-refractivity contribution in [2.75, 3.05) is 13.1 Å². The maximum Gasteiger partial charge on any atom is 0.410 e. The number of esters is 1. The van der Waals surface area contributed by atoms with Crippen LogP contribution in [0.1, 0.15) is 74.1 Å². The predicted octanol–water partition coefficient (Wildman–Crippen LogP) is 4.15. The van der Waals surface area contributed by atoms with Crippen LogP contribution >= 0.6 is 0 Å². The highest BCUT2D eigenvalue weighted by molar-refractivity contribution is 5.76. The minimum absolute atomic E-state index is 0.146. The fraction of sp³-hybridized carbons (Fsp3) is 0.889. The molecule has 1 heterocycles. The fourth-order valence-corrected chi connectivity index (χ4v) is 2.43. The molecule has 0 unspecified atom stereocenters. The van der Waals surface area contributed by atoms with Crippen LogP contribution in [0.3, 0.4) is 0 Å². The van der Waals surface area contributed by atoms with Crippen molar-refractivity contribution in [1.29, 1.82) is 0 Å². The Kier molecular flexibility index (Phi) is 6.11. The molecule has 23 heavy (non-hydrogen) atoms. The Labute approximate surface area is 140 Å². The SMILES string of the molecule is CCC1(OC(=O)C(C)(C)CC)CCN(C(=O)OC(C)(C)C)CC1. The van der Waals surface area contributed by atoms with E-state index >= 15 is 0 Å².